The van der Waals surface area contributed by atoms with Gasteiger partial charge in [-0.15, -0.1) is 0 Å². The first-order valence-corrected chi connectivity index (χ1v) is 4.46. The van der Waals surface area contributed by atoms with E-state index in [9.17, 15) is 8.78 Å². The zero-order valence-electron chi connectivity index (χ0n) is 7.80. The summed E-state index contributed by atoms with van der Waals surface area (Å²) in [6.45, 7) is 1.83. The number of rotatable bonds is 1. The lowest BCUT2D eigenvalue weighted by Crippen LogP contribution is -1.88. The van der Waals surface area contributed by atoms with Gasteiger partial charge >= 0.3 is 0 Å². The summed E-state index contributed by atoms with van der Waals surface area (Å²) in [5.41, 5.74) is 1.000. The molecule has 2 aromatic rings. The molecule has 0 amide bonds. The van der Waals surface area contributed by atoms with Crippen LogP contribution in [0.2, 0.25) is 0 Å². The van der Waals surface area contributed by atoms with E-state index in [0.717, 1.165) is 10.9 Å². The molecule has 0 saturated carbocycles. The number of hydrogen-bond donors (Lipinski definition) is 0. The second-order valence-electron chi connectivity index (χ2n) is 3.38. The standard InChI is InChI=1S/C12H10F2/c1-8-6-9-4-2-3-5-10(9)11(7-8)12(13)14/h2-7,12H,1H3. The molecule has 0 aromatic heterocycles. The molecule has 0 N–H and O–H groups in total. The van der Waals surface area contributed by atoms with Crippen LogP contribution in [0.3, 0.4) is 0 Å². The Bertz CT molecular complexity index is 461. The molecule has 14 heavy (non-hydrogen) atoms. The van der Waals surface area contributed by atoms with E-state index in [1.54, 1.807) is 18.2 Å². The Hall–Kier alpha value is -1.44. The van der Waals surface area contributed by atoms with Gasteiger partial charge in [0.25, 0.3) is 6.43 Å². The molecule has 0 heterocycles. The molecular formula is C12H10F2. The van der Waals surface area contributed by atoms with Crippen molar-refractivity contribution < 1.29 is 8.78 Å². The highest BCUT2D eigenvalue weighted by Gasteiger charge is 2.11. The van der Waals surface area contributed by atoms with Crippen molar-refractivity contribution in [2.24, 2.45) is 0 Å². The molecule has 0 radical (unpaired) electrons. The summed E-state index contributed by atoms with van der Waals surface area (Å²) in [5, 5.41) is 1.52. The maximum absolute atomic E-state index is 12.7. The predicted octanol–water partition coefficient (Wildman–Crippen LogP) is 4.09. The lowest BCUT2D eigenvalue weighted by atomic mass is 10.0. The fourth-order valence-corrected chi connectivity index (χ4v) is 1.68. The fraction of sp³-hybridized carbons (Fsp3) is 0.167. The summed E-state index contributed by atoms with van der Waals surface area (Å²) in [5.74, 6) is 0. The molecule has 0 spiro atoms. The van der Waals surface area contributed by atoms with Gasteiger partial charge in [-0.3, -0.25) is 0 Å². The van der Waals surface area contributed by atoms with Crippen molar-refractivity contribution in [1.82, 2.24) is 0 Å². The Morgan fingerprint density at radius 1 is 1.07 bits per heavy atom. The van der Waals surface area contributed by atoms with Crippen LogP contribution in [-0.2, 0) is 0 Å². The van der Waals surface area contributed by atoms with E-state index >= 15 is 0 Å². The van der Waals surface area contributed by atoms with E-state index in [0.29, 0.717) is 5.39 Å². The first-order valence-electron chi connectivity index (χ1n) is 4.46. The van der Waals surface area contributed by atoms with Crippen LogP contribution in [-0.4, -0.2) is 0 Å². The van der Waals surface area contributed by atoms with Crippen molar-refractivity contribution in [1.29, 1.82) is 0 Å². The first kappa shape index (κ1) is 9.13. The van der Waals surface area contributed by atoms with Crippen molar-refractivity contribution >= 4 is 10.8 Å². The van der Waals surface area contributed by atoms with Gasteiger partial charge in [0.2, 0.25) is 0 Å². The second-order valence-corrected chi connectivity index (χ2v) is 3.38. The maximum Gasteiger partial charge on any atom is 0.264 e. The first-order chi connectivity index (χ1) is 6.68. The SMILES string of the molecule is Cc1cc(C(F)F)c2ccccc2c1. The van der Waals surface area contributed by atoms with Crippen LogP contribution in [0.5, 0.6) is 0 Å². The van der Waals surface area contributed by atoms with Crippen LogP contribution in [0.1, 0.15) is 17.6 Å². The second kappa shape index (κ2) is 3.37. The molecule has 0 aliphatic rings. The van der Waals surface area contributed by atoms with E-state index in [-0.39, 0.29) is 5.56 Å². The van der Waals surface area contributed by atoms with Gasteiger partial charge in [0.15, 0.2) is 0 Å². The molecule has 72 valence electrons. The topological polar surface area (TPSA) is 0 Å². The minimum absolute atomic E-state index is 0.126. The number of benzene rings is 2. The predicted molar refractivity (Wildman–Crippen MR) is 53.6 cm³/mol. The zero-order chi connectivity index (χ0) is 10.1. The fourth-order valence-electron chi connectivity index (χ4n) is 1.68. The normalized spacial score (nSPS) is 11.1. The third-order valence-corrected chi connectivity index (χ3v) is 2.27. The lowest BCUT2D eigenvalue weighted by Gasteiger charge is -2.06. The molecule has 0 unspecified atom stereocenters. The van der Waals surface area contributed by atoms with Gasteiger partial charge in [-0.1, -0.05) is 35.9 Å². The lowest BCUT2D eigenvalue weighted by molar-refractivity contribution is 0.153. The van der Waals surface area contributed by atoms with Crippen molar-refractivity contribution in [2.75, 3.05) is 0 Å². The third kappa shape index (κ3) is 1.48. The number of halogens is 2. The molecule has 2 rings (SSSR count). The Kier molecular flexibility index (Phi) is 2.20. The average molecular weight is 192 g/mol. The smallest absolute Gasteiger partial charge is 0.205 e. The molecule has 0 saturated heterocycles. The average Bonchev–Trinajstić information content (AvgIpc) is 2.16. The largest absolute Gasteiger partial charge is 0.264 e. The summed E-state index contributed by atoms with van der Waals surface area (Å²) in [4.78, 5) is 0. The highest BCUT2D eigenvalue weighted by Crippen LogP contribution is 2.28. The van der Waals surface area contributed by atoms with Crippen LogP contribution in [0.4, 0.5) is 8.78 Å². The Morgan fingerprint density at radius 2 is 1.79 bits per heavy atom. The highest BCUT2D eigenvalue weighted by molar-refractivity contribution is 5.86. The summed E-state index contributed by atoms with van der Waals surface area (Å²) in [7, 11) is 0. The Morgan fingerprint density at radius 3 is 2.50 bits per heavy atom. The quantitative estimate of drug-likeness (QED) is 0.638. The molecule has 0 fully saturated rings. The molecule has 0 atom stereocenters. The van der Waals surface area contributed by atoms with Gasteiger partial charge in [0.05, 0.1) is 0 Å². The molecule has 2 heteroatoms. The Labute approximate surface area is 81.2 Å². The van der Waals surface area contributed by atoms with E-state index in [2.05, 4.69) is 0 Å². The van der Waals surface area contributed by atoms with Crippen LogP contribution in [0.25, 0.3) is 10.8 Å². The van der Waals surface area contributed by atoms with Crippen LogP contribution >= 0.6 is 0 Å². The molecule has 0 aliphatic carbocycles. The van der Waals surface area contributed by atoms with Crippen molar-refractivity contribution in [3.8, 4) is 0 Å². The Balaban J connectivity index is 2.80. The van der Waals surface area contributed by atoms with Crippen molar-refractivity contribution in [3.05, 3.63) is 47.5 Å². The van der Waals surface area contributed by atoms with Crippen LogP contribution in [0.15, 0.2) is 36.4 Å². The van der Waals surface area contributed by atoms with Gasteiger partial charge in [-0.2, -0.15) is 0 Å². The summed E-state index contributed by atoms with van der Waals surface area (Å²) in [6.07, 6.45) is -2.40. The number of fused-ring (bicyclic) bond motifs is 1. The number of aryl methyl sites for hydroxylation is 1. The molecule has 0 aliphatic heterocycles. The molecule has 0 nitrogen and oxygen atoms in total. The molecule has 2 aromatic carbocycles. The monoisotopic (exact) mass is 192 g/mol. The van der Waals surface area contributed by atoms with E-state index in [1.165, 1.54) is 0 Å². The van der Waals surface area contributed by atoms with Gasteiger partial charge in [0, 0.05) is 5.56 Å². The number of alkyl halides is 2. The van der Waals surface area contributed by atoms with E-state index in [4.69, 9.17) is 0 Å². The maximum atomic E-state index is 12.7. The van der Waals surface area contributed by atoms with Gasteiger partial charge < -0.3 is 0 Å². The van der Waals surface area contributed by atoms with E-state index in [1.807, 2.05) is 25.1 Å². The van der Waals surface area contributed by atoms with Crippen LogP contribution < -0.4 is 0 Å². The minimum Gasteiger partial charge on any atom is -0.205 e. The van der Waals surface area contributed by atoms with Crippen LogP contribution in [0, 0.1) is 6.92 Å². The third-order valence-electron chi connectivity index (χ3n) is 2.27. The van der Waals surface area contributed by atoms with Crippen molar-refractivity contribution in [3.63, 3.8) is 0 Å². The summed E-state index contributed by atoms with van der Waals surface area (Å²) >= 11 is 0. The van der Waals surface area contributed by atoms with Gasteiger partial charge in [-0.25, -0.2) is 8.78 Å². The highest BCUT2D eigenvalue weighted by atomic mass is 19.3. The summed E-state index contributed by atoms with van der Waals surface area (Å²) < 4.78 is 25.4. The minimum atomic E-state index is -2.40. The van der Waals surface area contributed by atoms with E-state index < -0.39 is 6.43 Å². The van der Waals surface area contributed by atoms with Gasteiger partial charge in [-0.05, 0) is 23.8 Å². The van der Waals surface area contributed by atoms with Crippen molar-refractivity contribution in [2.45, 2.75) is 13.3 Å². The summed E-state index contributed by atoms with van der Waals surface area (Å²) in [6, 6.07) is 10.7. The number of hydrogen-bond acceptors (Lipinski definition) is 0. The van der Waals surface area contributed by atoms with Gasteiger partial charge in [0.1, 0.15) is 0 Å². The molecular weight excluding hydrogens is 182 g/mol. The zero-order valence-corrected chi connectivity index (χ0v) is 7.80. The molecule has 0 bridgehead atoms.